The van der Waals surface area contributed by atoms with E-state index in [2.05, 4.69) is 6.92 Å². The van der Waals surface area contributed by atoms with Gasteiger partial charge in [-0.15, -0.1) is 0 Å². The number of alkyl halides is 3. The Morgan fingerprint density at radius 3 is 2.14 bits per heavy atom. The van der Waals surface area contributed by atoms with Gasteiger partial charge in [-0.1, -0.05) is 31.9 Å². The van der Waals surface area contributed by atoms with Gasteiger partial charge in [0.15, 0.2) is 5.78 Å². The zero-order chi connectivity index (χ0) is 15.5. The number of ketones is 1. The van der Waals surface area contributed by atoms with Crippen LogP contribution in [0.2, 0.25) is 0 Å². The van der Waals surface area contributed by atoms with Crippen LogP contribution in [0.4, 0.5) is 13.2 Å². The fourth-order valence-electron chi connectivity index (χ4n) is 3.18. The van der Waals surface area contributed by atoms with Gasteiger partial charge in [0.25, 0.3) is 0 Å². The van der Waals surface area contributed by atoms with Crippen LogP contribution >= 0.6 is 0 Å². The maximum atomic E-state index is 12.5. The molecule has 0 unspecified atom stereocenters. The van der Waals surface area contributed by atoms with Crippen molar-refractivity contribution in [1.29, 1.82) is 0 Å². The summed E-state index contributed by atoms with van der Waals surface area (Å²) in [7, 11) is 0. The molecule has 0 spiro atoms. The van der Waals surface area contributed by atoms with Crippen molar-refractivity contribution in [2.24, 2.45) is 11.8 Å². The van der Waals surface area contributed by atoms with Gasteiger partial charge >= 0.3 is 6.18 Å². The molecule has 116 valence electrons. The number of benzene rings is 1. The third kappa shape index (κ3) is 4.08. The molecule has 1 fully saturated rings. The Kier molecular flexibility index (Phi) is 5.07. The molecule has 0 aromatic heterocycles. The van der Waals surface area contributed by atoms with Gasteiger partial charge in [0.1, 0.15) is 0 Å². The van der Waals surface area contributed by atoms with E-state index in [9.17, 15) is 18.0 Å². The van der Waals surface area contributed by atoms with E-state index in [0.717, 1.165) is 37.8 Å². The Balaban J connectivity index is 1.98. The van der Waals surface area contributed by atoms with E-state index in [4.69, 9.17) is 0 Å². The van der Waals surface area contributed by atoms with Gasteiger partial charge in [0.05, 0.1) is 5.56 Å². The second kappa shape index (κ2) is 6.63. The summed E-state index contributed by atoms with van der Waals surface area (Å²) in [5.41, 5.74) is -0.298. The summed E-state index contributed by atoms with van der Waals surface area (Å²) in [6.07, 6.45) is 1.88. The first kappa shape index (κ1) is 16.1. The van der Waals surface area contributed by atoms with E-state index in [-0.39, 0.29) is 11.7 Å². The highest BCUT2D eigenvalue weighted by Crippen LogP contribution is 2.34. The largest absolute Gasteiger partial charge is 0.416 e. The average Bonchev–Trinajstić information content (AvgIpc) is 2.47. The van der Waals surface area contributed by atoms with Gasteiger partial charge in [-0.3, -0.25) is 4.79 Å². The monoisotopic (exact) mass is 298 g/mol. The normalized spacial score (nSPS) is 23.0. The average molecular weight is 298 g/mol. The lowest BCUT2D eigenvalue weighted by Gasteiger charge is -2.27. The number of hydrogen-bond acceptors (Lipinski definition) is 1. The highest BCUT2D eigenvalue weighted by Gasteiger charge is 2.31. The molecule has 21 heavy (non-hydrogen) atoms. The van der Waals surface area contributed by atoms with Gasteiger partial charge in [-0.05, 0) is 43.7 Å². The van der Waals surface area contributed by atoms with Crippen molar-refractivity contribution < 1.29 is 18.0 Å². The van der Waals surface area contributed by atoms with Crippen molar-refractivity contribution in [2.75, 3.05) is 0 Å². The van der Waals surface area contributed by atoms with E-state index in [1.807, 2.05) is 0 Å². The van der Waals surface area contributed by atoms with Crippen molar-refractivity contribution in [1.82, 2.24) is 0 Å². The number of Topliss-reactive ketones (excluding diaryl/α,β-unsaturated/α-hetero) is 1. The molecule has 0 saturated heterocycles. The van der Waals surface area contributed by atoms with Crippen LogP contribution in [0, 0.1) is 11.8 Å². The summed E-state index contributed by atoms with van der Waals surface area (Å²) in [6, 6.07) is 4.61. The van der Waals surface area contributed by atoms with E-state index in [0.29, 0.717) is 11.5 Å². The molecule has 0 atom stereocenters. The molecule has 1 aromatic rings. The first-order valence-electron chi connectivity index (χ1n) is 7.63. The molecule has 0 heterocycles. The summed E-state index contributed by atoms with van der Waals surface area (Å²) in [5.74, 6) is 0.695. The fourth-order valence-corrected chi connectivity index (χ4v) is 3.18. The van der Waals surface area contributed by atoms with Crippen LogP contribution in [0.3, 0.4) is 0 Å². The number of hydrogen-bond donors (Lipinski definition) is 0. The third-order valence-corrected chi connectivity index (χ3v) is 4.41. The van der Waals surface area contributed by atoms with Gasteiger partial charge in [0.2, 0.25) is 0 Å². The summed E-state index contributed by atoms with van der Waals surface area (Å²) in [6.45, 7) is 2.17. The molecule has 1 aromatic carbocycles. The molecule has 0 N–H and O–H groups in total. The van der Waals surface area contributed by atoms with E-state index < -0.39 is 11.7 Å². The van der Waals surface area contributed by atoms with Crippen LogP contribution in [0.5, 0.6) is 0 Å². The first-order valence-corrected chi connectivity index (χ1v) is 7.63. The highest BCUT2D eigenvalue weighted by molar-refractivity contribution is 5.97. The maximum absolute atomic E-state index is 12.5. The van der Waals surface area contributed by atoms with Crippen LogP contribution in [0.1, 0.15) is 61.4 Å². The SMILES string of the molecule is CCCC1CCC(C(=O)c2ccc(C(F)(F)F)cc2)CC1. The lowest BCUT2D eigenvalue weighted by atomic mass is 9.77. The maximum Gasteiger partial charge on any atom is 0.416 e. The number of halogens is 3. The smallest absolute Gasteiger partial charge is 0.294 e. The number of carbonyl (C=O) groups is 1. The predicted molar refractivity (Wildman–Crippen MR) is 76.1 cm³/mol. The lowest BCUT2D eigenvalue weighted by molar-refractivity contribution is -0.137. The molecule has 4 heteroatoms. The Morgan fingerprint density at radius 1 is 1.10 bits per heavy atom. The predicted octanol–water partition coefficient (Wildman–Crippen LogP) is 5.49. The summed E-state index contributed by atoms with van der Waals surface area (Å²) in [4.78, 5) is 12.3. The van der Waals surface area contributed by atoms with Crippen molar-refractivity contribution in [3.63, 3.8) is 0 Å². The van der Waals surface area contributed by atoms with Gasteiger partial charge in [-0.2, -0.15) is 13.2 Å². The molecule has 1 saturated carbocycles. The minimum Gasteiger partial charge on any atom is -0.294 e. The van der Waals surface area contributed by atoms with Crippen LogP contribution < -0.4 is 0 Å². The molecule has 1 aliphatic rings. The van der Waals surface area contributed by atoms with Crippen molar-refractivity contribution in [3.05, 3.63) is 35.4 Å². The number of carbonyl (C=O) groups excluding carboxylic acids is 1. The van der Waals surface area contributed by atoms with Crippen molar-refractivity contribution in [2.45, 2.75) is 51.6 Å². The van der Waals surface area contributed by atoms with Crippen molar-refractivity contribution >= 4 is 5.78 Å². The highest BCUT2D eigenvalue weighted by atomic mass is 19.4. The summed E-state index contributed by atoms with van der Waals surface area (Å²) >= 11 is 0. The Bertz CT molecular complexity index is 468. The molecule has 1 aliphatic carbocycles. The van der Waals surface area contributed by atoms with E-state index >= 15 is 0 Å². The Morgan fingerprint density at radius 2 is 1.67 bits per heavy atom. The fraction of sp³-hybridized carbons (Fsp3) is 0.588. The minimum absolute atomic E-state index is 0.00123. The van der Waals surface area contributed by atoms with Crippen molar-refractivity contribution in [3.8, 4) is 0 Å². The topological polar surface area (TPSA) is 17.1 Å². The minimum atomic E-state index is -4.35. The van der Waals surface area contributed by atoms with Gasteiger partial charge in [0, 0.05) is 11.5 Å². The van der Waals surface area contributed by atoms with Crippen LogP contribution in [0.15, 0.2) is 24.3 Å². The molecule has 0 aliphatic heterocycles. The second-order valence-corrected chi connectivity index (χ2v) is 5.95. The molecule has 0 bridgehead atoms. The van der Waals surface area contributed by atoms with Crippen LogP contribution in [-0.4, -0.2) is 5.78 Å². The van der Waals surface area contributed by atoms with E-state index in [1.165, 1.54) is 25.0 Å². The molecule has 1 nitrogen and oxygen atoms in total. The number of rotatable bonds is 4. The van der Waals surface area contributed by atoms with Gasteiger partial charge < -0.3 is 0 Å². The second-order valence-electron chi connectivity index (χ2n) is 5.95. The molecule has 0 amide bonds. The standard InChI is InChI=1S/C17H21F3O/c1-2-3-12-4-6-13(7-5-12)16(21)14-8-10-15(11-9-14)17(18,19)20/h8-13H,2-7H2,1H3. The molecular weight excluding hydrogens is 277 g/mol. The lowest BCUT2D eigenvalue weighted by Crippen LogP contribution is -2.22. The molecule has 2 rings (SSSR count). The van der Waals surface area contributed by atoms with E-state index in [1.54, 1.807) is 0 Å². The van der Waals surface area contributed by atoms with Gasteiger partial charge in [-0.25, -0.2) is 0 Å². The molecule has 0 radical (unpaired) electrons. The first-order chi connectivity index (χ1) is 9.91. The Hall–Kier alpha value is -1.32. The summed E-state index contributed by atoms with van der Waals surface area (Å²) in [5, 5.41) is 0. The van der Waals surface area contributed by atoms with Crippen LogP contribution in [-0.2, 0) is 6.18 Å². The zero-order valence-corrected chi connectivity index (χ0v) is 12.2. The summed E-state index contributed by atoms with van der Waals surface area (Å²) < 4.78 is 37.5. The van der Waals surface area contributed by atoms with Crippen LogP contribution in [0.25, 0.3) is 0 Å². The quantitative estimate of drug-likeness (QED) is 0.671. The molecular formula is C17H21F3O. The third-order valence-electron chi connectivity index (χ3n) is 4.41. The zero-order valence-electron chi connectivity index (χ0n) is 12.2. The Labute approximate surface area is 123 Å².